The topological polar surface area (TPSA) is 97.1 Å². The maximum Gasteiger partial charge on any atom is 0.358 e. The number of carbonyl (C=O) groups excluding carboxylic acids is 1. The largest absolute Gasteiger partial charge is 0.476 e. The third-order valence-corrected chi connectivity index (χ3v) is 5.36. The molecule has 7 nitrogen and oxygen atoms in total. The SMILES string of the molecule is CC(C)C(NC(=O)C1CC(n2cc(C(=O)O)nn2)C1)c1cccs1. The zero-order valence-electron chi connectivity index (χ0n) is 13.5. The summed E-state index contributed by atoms with van der Waals surface area (Å²) in [5, 5.41) is 21.5. The van der Waals surface area contributed by atoms with Crippen molar-refractivity contribution in [1.82, 2.24) is 20.3 Å². The second-order valence-corrected chi connectivity index (χ2v) is 7.44. The Kier molecular flexibility index (Phi) is 4.66. The van der Waals surface area contributed by atoms with Gasteiger partial charge >= 0.3 is 5.97 Å². The average molecular weight is 348 g/mol. The molecule has 3 rings (SSSR count). The Bertz CT molecular complexity index is 720. The van der Waals surface area contributed by atoms with Crippen molar-refractivity contribution in [1.29, 1.82) is 0 Å². The molecule has 1 amide bonds. The highest BCUT2D eigenvalue weighted by Crippen LogP contribution is 2.38. The van der Waals surface area contributed by atoms with E-state index >= 15 is 0 Å². The third kappa shape index (κ3) is 3.33. The van der Waals surface area contributed by atoms with E-state index in [1.54, 1.807) is 16.0 Å². The van der Waals surface area contributed by atoms with Gasteiger partial charge in [-0.15, -0.1) is 16.4 Å². The first-order chi connectivity index (χ1) is 11.5. The lowest BCUT2D eigenvalue weighted by Gasteiger charge is -2.35. The molecule has 1 atom stereocenters. The standard InChI is InChI=1S/C16H20N4O3S/c1-9(2)14(13-4-3-5-24-13)17-15(21)10-6-11(7-10)20-8-12(16(22)23)18-19-20/h3-5,8-11,14H,6-7H2,1-2H3,(H,17,21)(H,22,23). The lowest BCUT2D eigenvalue weighted by molar-refractivity contribution is -0.130. The molecule has 8 heteroatoms. The number of carboxylic acid groups (broad SMARTS) is 1. The predicted molar refractivity (Wildman–Crippen MR) is 88.8 cm³/mol. The Labute approximate surface area is 143 Å². The summed E-state index contributed by atoms with van der Waals surface area (Å²) in [5.41, 5.74) is -0.0690. The van der Waals surface area contributed by atoms with Crippen LogP contribution in [0.2, 0.25) is 0 Å². The summed E-state index contributed by atoms with van der Waals surface area (Å²) < 4.78 is 1.55. The molecule has 0 aromatic carbocycles. The molecule has 2 heterocycles. The number of hydrogen-bond donors (Lipinski definition) is 2. The van der Waals surface area contributed by atoms with Crippen molar-refractivity contribution in [3.05, 3.63) is 34.3 Å². The normalized spacial score (nSPS) is 21.3. The van der Waals surface area contributed by atoms with E-state index in [0.29, 0.717) is 18.8 Å². The zero-order valence-corrected chi connectivity index (χ0v) is 14.4. The van der Waals surface area contributed by atoms with Crippen LogP contribution in [0.4, 0.5) is 0 Å². The fourth-order valence-corrected chi connectivity index (χ4v) is 3.83. The van der Waals surface area contributed by atoms with E-state index in [-0.39, 0.29) is 29.6 Å². The Morgan fingerprint density at radius 1 is 1.42 bits per heavy atom. The Morgan fingerprint density at radius 2 is 2.17 bits per heavy atom. The van der Waals surface area contributed by atoms with E-state index in [9.17, 15) is 9.59 Å². The number of nitrogens with zero attached hydrogens (tertiary/aromatic N) is 3. The number of nitrogens with one attached hydrogen (secondary N) is 1. The van der Waals surface area contributed by atoms with Crippen molar-refractivity contribution in [3.8, 4) is 0 Å². The van der Waals surface area contributed by atoms with Gasteiger partial charge in [-0.1, -0.05) is 25.1 Å². The van der Waals surface area contributed by atoms with Gasteiger partial charge in [0.05, 0.1) is 18.3 Å². The molecule has 24 heavy (non-hydrogen) atoms. The summed E-state index contributed by atoms with van der Waals surface area (Å²) in [5.74, 6) is -0.784. The number of carboxylic acids is 1. The van der Waals surface area contributed by atoms with Gasteiger partial charge in [0.2, 0.25) is 5.91 Å². The molecule has 1 unspecified atom stereocenters. The van der Waals surface area contributed by atoms with Crippen LogP contribution in [0.3, 0.4) is 0 Å². The van der Waals surface area contributed by atoms with Crippen LogP contribution in [0.25, 0.3) is 0 Å². The van der Waals surface area contributed by atoms with Gasteiger partial charge in [0.25, 0.3) is 0 Å². The molecule has 2 aromatic heterocycles. The molecular weight excluding hydrogens is 328 g/mol. The molecule has 2 N–H and O–H groups in total. The minimum absolute atomic E-state index is 0.0292. The van der Waals surface area contributed by atoms with Crippen molar-refractivity contribution < 1.29 is 14.7 Å². The summed E-state index contributed by atoms with van der Waals surface area (Å²) in [7, 11) is 0. The second-order valence-electron chi connectivity index (χ2n) is 6.46. The molecule has 1 aliphatic carbocycles. The highest BCUT2D eigenvalue weighted by Gasteiger charge is 2.37. The summed E-state index contributed by atoms with van der Waals surface area (Å²) >= 11 is 1.65. The first kappa shape index (κ1) is 16.6. The zero-order chi connectivity index (χ0) is 17.3. The average Bonchev–Trinajstić information content (AvgIpc) is 3.14. The number of amides is 1. The van der Waals surface area contributed by atoms with Crippen LogP contribution in [-0.2, 0) is 4.79 Å². The quantitative estimate of drug-likeness (QED) is 0.836. The minimum atomic E-state index is -1.09. The maximum absolute atomic E-state index is 12.5. The van der Waals surface area contributed by atoms with E-state index in [2.05, 4.69) is 29.5 Å². The van der Waals surface area contributed by atoms with Crippen LogP contribution in [0, 0.1) is 11.8 Å². The van der Waals surface area contributed by atoms with Crippen molar-refractivity contribution >= 4 is 23.2 Å². The summed E-state index contributed by atoms with van der Waals surface area (Å²) in [6, 6.07) is 4.11. The number of rotatable bonds is 6. The van der Waals surface area contributed by atoms with E-state index < -0.39 is 5.97 Å². The first-order valence-corrected chi connectivity index (χ1v) is 8.82. The van der Waals surface area contributed by atoms with Crippen molar-refractivity contribution in [2.24, 2.45) is 11.8 Å². The molecule has 1 saturated carbocycles. The van der Waals surface area contributed by atoms with Gasteiger partial charge in [0, 0.05) is 10.8 Å². The van der Waals surface area contributed by atoms with Crippen molar-refractivity contribution in [3.63, 3.8) is 0 Å². The van der Waals surface area contributed by atoms with E-state index in [1.807, 2.05) is 17.5 Å². The smallest absolute Gasteiger partial charge is 0.358 e. The van der Waals surface area contributed by atoms with E-state index in [1.165, 1.54) is 6.20 Å². The molecular formula is C16H20N4O3S. The summed E-state index contributed by atoms with van der Waals surface area (Å²) in [6.45, 7) is 4.19. The second kappa shape index (κ2) is 6.72. The molecule has 0 radical (unpaired) electrons. The van der Waals surface area contributed by atoms with Crippen LogP contribution in [0.15, 0.2) is 23.7 Å². The Morgan fingerprint density at radius 3 is 2.71 bits per heavy atom. The molecule has 128 valence electrons. The van der Waals surface area contributed by atoms with Crippen LogP contribution in [0.5, 0.6) is 0 Å². The van der Waals surface area contributed by atoms with Gasteiger partial charge < -0.3 is 10.4 Å². The lowest BCUT2D eigenvalue weighted by Crippen LogP contribution is -2.42. The molecule has 1 aliphatic rings. The number of carbonyl (C=O) groups is 2. The van der Waals surface area contributed by atoms with Gasteiger partial charge in [-0.2, -0.15) is 0 Å². The minimum Gasteiger partial charge on any atom is -0.476 e. The Balaban J connectivity index is 1.56. The molecule has 0 saturated heterocycles. The van der Waals surface area contributed by atoms with Gasteiger partial charge in [0.15, 0.2) is 5.69 Å². The third-order valence-electron chi connectivity index (χ3n) is 4.40. The van der Waals surface area contributed by atoms with E-state index in [4.69, 9.17) is 5.11 Å². The highest BCUT2D eigenvalue weighted by molar-refractivity contribution is 7.10. The number of aromatic nitrogens is 3. The molecule has 1 fully saturated rings. The maximum atomic E-state index is 12.5. The first-order valence-electron chi connectivity index (χ1n) is 7.94. The lowest BCUT2D eigenvalue weighted by atomic mass is 9.79. The molecule has 0 aliphatic heterocycles. The number of thiophene rings is 1. The Hall–Kier alpha value is -2.22. The fourth-order valence-electron chi connectivity index (χ4n) is 2.88. The monoisotopic (exact) mass is 348 g/mol. The van der Waals surface area contributed by atoms with Gasteiger partial charge in [-0.05, 0) is 30.2 Å². The van der Waals surface area contributed by atoms with Crippen LogP contribution >= 0.6 is 11.3 Å². The fraction of sp³-hybridized carbons (Fsp3) is 0.500. The van der Waals surface area contributed by atoms with Gasteiger partial charge in [-0.3, -0.25) is 4.79 Å². The van der Waals surface area contributed by atoms with Crippen LogP contribution in [-0.4, -0.2) is 32.0 Å². The van der Waals surface area contributed by atoms with Gasteiger partial charge in [-0.25, -0.2) is 9.48 Å². The van der Waals surface area contributed by atoms with Crippen molar-refractivity contribution in [2.75, 3.05) is 0 Å². The molecule has 0 spiro atoms. The predicted octanol–water partition coefficient (Wildman–Crippen LogP) is 2.50. The van der Waals surface area contributed by atoms with Crippen LogP contribution in [0.1, 0.15) is 54.1 Å². The van der Waals surface area contributed by atoms with E-state index in [0.717, 1.165) is 4.88 Å². The molecule has 0 bridgehead atoms. The van der Waals surface area contributed by atoms with Gasteiger partial charge in [0.1, 0.15) is 0 Å². The van der Waals surface area contributed by atoms with Crippen molar-refractivity contribution in [2.45, 2.75) is 38.8 Å². The number of aromatic carboxylic acids is 1. The summed E-state index contributed by atoms with van der Waals surface area (Å²) in [6.07, 6.45) is 2.73. The number of hydrogen-bond acceptors (Lipinski definition) is 5. The molecule has 2 aromatic rings. The summed E-state index contributed by atoms with van der Waals surface area (Å²) in [4.78, 5) is 24.5. The highest BCUT2D eigenvalue weighted by atomic mass is 32.1. The van der Waals surface area contributed by atoms with Crippen LogP contribution < -0.4 is 5.32 Å².